The number of H-pyrrole nitrogens is 1. The maximum absolute atomic E-state index is 5.76. The Kier molecular flexibility index (Phi) is 1.89. The number of nitrogens with one attached hydrogen (secondary N) is 2. The third kappa shape index (κ3) is 1.47. The van der Waals surface area contributed by atoms with Crippen molar-refractivity contribution in [2.75, 3.05) is 5.32 Å². The minimum Gasteiger partial charge on any atom is -0.380 e. The summed E-state index contributed by atoms with van der Waals surface area (Å²) in [4.78, 5) is 0. The van der Waals surface area contributed by atoms with Crippen molar-refractivity contribution in [1.29, 1.82) is 0 Å². The summed E-state index contributed by atoms with van der Waals surface area (Å²) in [5.41, 5.74) is 7.96. The van der Waals surface area contributed by atoms with Gasteiger partial charge in [-0.15, -0.1) is 0 Å². The third-order valence-corrected chi connectivity index (χ3v) is 3.01. The molecule has 1 aliphatic carbocycles. The van der Waals surface area contributed by atoms with Crippen molar-refractivity contribution in [3.05, 3.63) is 24.4 Å². The van der Waals surface area contributed by atoms with Crippen molar-refractivity contribution in [2.24, 2.45) is 5.73 Å². The third-order valence-electron chi connectivity index (χ3n) is 3.01. The van der Waals surface area contributed by atoms with E-state index in [2.05, 4.69) is 27.6 Å². The monoisotopic (exact) mass is 202 g/mol. The van der Waals surface area contributed by atoms with Crippen molar-refractivity contribution in [2.45, 2.75) is 24.9 Å². The van der Waals surface area contributed by atoms with E-state index >= 15 is 0 Å². The predicted octanol–water partition coefficient (Wildman–Crippen LogP) is 1.46. The minimum atomic E-state index is 0.378. The van der Waals surface area contributed by atoms with Crippen LogP contribution in [-0.4, -0.2) is 22.3 Å². The van der Waals surface area contributed by atoms with Gasteiger partial charge in [0.15, 0.2) is 0 Å². The van der Waals surface area contributed by atoms with E-state index in [4.69, 9.17) is 5.73 Å². The Bertz CT molecular complexity index is 470. The van der Waals surface area contributed by atoms with Crippen molar-refractivity contribution in [3.63, 3.8) is 0 Å². The predicted molar refractivity (Wildman–Crippen MR) is 60.7 cm³/mol. The van der Waals surface area contributed by atoms with Crippen LogP contribution in [0.4, 0.5) is 5.69 Å². The molecule has 0 radical (unpaired) electrons. The molecule has 3 rings (SSSR count). The molecule has 0 amide bonds. The zero-order valence-corrected chi connectivity index (χ0v) is 8.40. The first-order chi connectivity index (χ1) is 7.33. The Hall–Kier alpha value is -1.55. The van der Waals surface area contributed by atoms with E-state index in [-0.39, 0.29) is 0 Å². The Morgan fingerprint density at radius 3 is 3.07 bits per heavy atom. The van der Waals surface area contributed by atoms with E-state index < -0.39 is 0 Å². The zero-order valence-electron chi connectivity index (χ0n) is 8.40. The van der Waals surface area contributed by atoms with Crippen LogP contribution in [0, 0.1) is 0 Å². The molecule has 4 heteroatoms. The number of hydrogen-bond acceptors (Lipinski definition) is 3. The zero-order chi connectivity index (χ0) is 10.3. The van der Waals surface area contributed by atoms with E-state index in [1.807, 2.05) is 12.3 Å². The molecule has 4 N–H and O–H groups in total. The molecule has 1 aromatic heterocycles. The largest absolute Gasteiger partial charge is 0.380 e. The molecule has 1 fully saturated rings. The van der Waals surface area contributed by atoms with Crippen molar-refractivity contribution in [3.8, 4) is 0 Å². The van der Waals surface area contributed by atoms with Gasteiger partial charge in [-0.25, -0.2) is 0 Å². The minimum absolute atomic E-state index is 0.378. The number of aromatic amines is 1. The Labute approximate surface area is 87.9 Å². The summed E-state index contributed by atoms with van der Waals surface area (Å²) in [5, 5.41) is 11.7. The van der Waals surface area contributed by atoms with E-state index in [1.54, 1.807) is 0 Å². The highest BCUT2D eigenvalue weighted by atomic mass is 15.1. The number of para-hydroxylation sites is 1. The molecular formula is C11H14N4. The fourth-order valence-electron chi connectivity index (χ4n) is 2.09. The molecule has 2 aromatic rings. The highest BCUT2D eigenvalue weighted by Gasteiger charge is 2.25. The van der Waals surface area contributed by atoms with Crippen LogP contribution in [0.15, 0.2) is 24.4 Å². The van der Waals surface area contributed by atoms with Crippen LogP contribution >= 0.6 is 0 Å². The summed E-state index contributed by atoms with van der Waals surface area (Å²) in [6.07, 6.45) is 3.96. The summed E-state index contributed by atoms with van der Waals surface area (Å²) in [6, 6.07) is 7.07. The van der Waals surface area contributed by atoms with Gasteiger partial charge in [0.25, 0.3) is 0 Å². The molecule has 0 spiro atoms. The van der Waals surface area contributed by atoms with Crippen LogP contribution in [0.25, 0.3) is 10.9 Å². The first-order valence-electron chi connectivity index (χ1n) is 5.27. The smallest absolute Gasteiger partial charge is 0.0881 e. The second-order valence-corrected chi connectivity index (χ2v) is 4.21. The number of nitrogens with zero attached hydrogens (tertiary/aromatic N) is 1. The van der Waals surface area contributed by atoms with Crippen LogP contribution in [0.1, 0.15) is 12.8 Å². The van der Waals surface area contributed by atoms with Crippen LogP contribution in [0.5, 0.6) is 0 Å². The topological polar surface area (TPSA) is 66.7 Å². The quantitative estimate of drug-likeness (QED) is 0.690. The van der Waals surface area contributed by atoms with E-state index in [1.165, 1.54) is 0 Å². The fourth-order valence-corrected chi connectivity index (χ4v) is 2.09. The van der Waals surface area contributed by atoms with Gasteiger partial charge in [-0.1, -0.05) is 12.1 Å². The lowest BCUT2D eigenvalue weighted by atomic mass is 9.87. The van der Waals surface area contributed by atoms with Gasteiger partial charge in [0.05, 0.1) is 17.4 Å². The van der Waals surface area contributed by atoms with Crippen LogP contribution in [0.3, 0.4) is 0 Å². The summed E-state index contributed by atoms with van der Waals surface area (Å²) in [6.45, 7) is 0. The second kappa shape index (κ2) is 3.24. The van der Waals surface area contributed by atoms with Crippen molar-refractivity contribution >= 4 is 16.6 Å². The number of benzene rings is 1. The number of fused-ring (bicyclic) bond motifs is 1. The van der Waals surface area contributed by atoms with Crippen LogP contribution in [-0.2, 0) is 0 Å². The number of anilines is 1. The van der Waals surface area contributed by atoms with Crippen molar-refractivity contribution < 1.29 is 0 Å². The normalized spacial score (nSPS) is 25.1. The number of rotatable bonds is 2. The molecule has 1 aromatic carbocycles. The van der Waals surface area contributed by atoms with Gasteiger partial charge in [-0.2, -0.15) is 5.10 Å². The summed E-state index contributed by atoms with van der Waals surface area (Å²) in [7, 11) is 0. The number of nitrogens with two attached hydrogens (primary N) is 1. The van der Waals surface area contributed by atoms with E-state index in [0.717, 1.165) is 29.4 Å². The standard InChI is InChI=1S/C11H14N4/c12-8-4-9(5-8)14-10-3-1-2-7-6-13-15-11(7)10/h1-3,6,8-9,14H,4-5,12H2,(H,13,15). The first kappa shape index (κ1) is 8.73. The van der Waals surface area contributed by atoms with Crippen LogP contribution < -0.4 is 11.1 Å². The van der Waals surface area contributed by atoms with Gasteiger partial charge in [0.1, 0.15) is 0 Å². The van der Waals surface area contributed by atoms with Gasteiger partial charge < -0.3 is 11.1 Å². The molecule has 78 valence electrons. The SMILES string of the molecule is NC1CC(Nc2cccc3cn[nH]c23)C1. The van der Waals surface area contributed by atoms with Gasteiger partial charge >= 0.3 is 0 Å². The average molecular weight is 202 g/mol. The molecule has 0 atom stereocenters. The maximum atomic E-state index is 5.76. The lowest BCUT2D eigenvalue weighted by molar-refractivity contribution is 0.374. The average Bonchev–Trinajstić information content (AvgIpc) is 2.64. The number of hydrogen-bond donors (Lipinski definition) is 3. The summed E-state index contributed by atoms with van der Waals surface area (Å²) < 4.78 is 0. The number of aromatic nitrogens is 2. The Morgan fingerprint density at radius 2 is 2.27 bits per heavy atom. The highest BCUT2D eigenvalue weighted by Crippen LogP contribution is 2.26. The van der Waals surface area contributed by atoms with Gasteiger partial charge in [-0.3, -0.25) is 5.10 Å². The molecule has 1 heterocycles. The van der Waals surface area contributed by atoms with Gasteiger partial charge in [0.2, 0.25) is 0 Å². The molecule has 0 saturated heterocycles. The second-order valence-electron chi connectivity index (χ2n) is 4.21. The van der Waals surface area contributed by atoms with E-state index in [9.17, 15) is 0 Å². The summed E-state index contributed by atoms with van der Waals surface area (Å²) >= 11 is 0. The Morgan fingerprint density at radius 1 is 1.40 bits per heavy atom. The fraction of sp³-hybridized carbons (Fsp3) is 0.364. The lowest BCUT2D eigenvalue weighted by Gasteiger charge is -2.33. The van der Waals surface area contributed by atoms with Gasteiger partial charge in [0, 0.05) is 17.5 Å². The summed E-state index contributed by atoms with van der Waals surface area (Å²) in [5.74, 6) is 0. The molecular weight excluding hydrogens is 188 g/mol. The molecule has 0 bridgehead atoms. The maximum Gasteiger partial charge on any atom is 0.0881 e. The molecule has 15 heavy (non-hydrogen) atoms. The molecule has 0 unspecified atom stereocenters. The van der Waals surface area contributed by atoms with Crippen molar-refractivity contribution in [1.82, 2.24) is 10.2 Å². The molecule has 4 nitrogen and oxygen atoms in total. The van der Waals surface area contributed by atoms with E-state index in [0.29, 0.717) is 12.1 Å². The highest BCUT2D eigenvalue weighted by molar-refractivity contribution is 5.90. The van der Waals surface area contributed by atoms with Gasteiger partial charge in [-0.05, 0) is 18.9 Å². The van der Waals surface area contributed by atoms with Crippen LogP contribution in [0.2, 0.25) is 0 Å². The molecule has 0 aliphatic heterocycles. The lowest BCUT2D eigenvalue weighted by Crippen LogP contribution is -2.44. The molecule has 1 saturated carbocycles. The first-order valence-corrected chi connectivity index (χ1v) is 5.27. The molecule has 1 aliphatic rings. The Balaban J connectivity index is 1.87.